The summed E-state index contributed by atoms with van der Waals surface area (Å²) in [5.41, 5.74) is 7.37. The van der Waals surface area contributed by atoms with Crippen LogP contribution in [0.3, 0.4) is 0 Å². The Morgan fingerprint density at radius 2 is 2.09 bits per heavy atom. The standard InChI is InChI=1S/C17H23N3O3/c18-10-14-7-8-15(23-14)17(22)19-13-5-3-12(4-6-13)11-20-9-1-2-16(20)21/h3-6,14-15H,1-2,7-11,18H2,(H,19,22)/t14-,15+/m1/s1. The smallest absolute Gasteiger partial charge is 0.253 e. The largest absolute Gasteiger partial charge is 0.364 e. The van der Waals surface area contributed by atoms with Crippen molar-refractivity contribution in [1.82, 2.24) is 4.90 Å². The summed E-state index contributed by atoms with van der Waals surface area (Å²) in [7, 11) is 0. The molecule has 124 valence electrons. The maximum atomic E-state index is 12.2. The van der Waals surface area contributed by atoms with Gasteiger partial charge in [-0.1, -0.05) is 12.1 Å². The van der Waals surface area contributed by atoms with Crippen LogP contribution in [0, 0.1) is 0 Å². The Morgan fingerprint density at radius 3 is 2.70 bits per heavy atom. The van der Waals surface area contributed by atoms with Crippen molar-refractivity contribution >= 4 is 17.5 Å². The van der Waals surface area contributed by atoms with Crippen LogP contribution >= 0.6 is 0 Å². The fourth-order valence-corrected chi connectivity index (χ4v) is 3.08. The first-order valence-corrected chi connectivity index (χ1v) is 8.19. The van der Waals surface area contributed by atoms with Gasteiger partial charge in [-0.15, -0.1) is 0 Å². The lowest BCUT2D eigenvalue weighted by molar-refractivity contribution is -0.128. The molecule has 0 bridgehead atoms. The number of anilines is 1. The molecule has 2 aliphatic heterocycles. The topological polar surface area (TPSA) is 84.7 Å². The van der Waals surface area contributed by atoms with Crippen LogP contribution in [0.25, 0.3) is 0 Å². The van der Waals surface area contributed by atoms with E-state index < -0.39 is 6.10 Å². The number of carbonyl (C=O) groups is 2. The number of likely N-dealkylation sites (tertiary alicyclic amines) is 1. The van der Waals surface area contributed by atoms with Gasteiger partial charge in [0.15, 0.2) is 0 Å². The van der Waals surface area contributed by atoms with E-state index in [2.05, 4.69) is 5.32 Å². The summed E-state index contributed by atoms with van der Waals surface area (Å²) in [4.78, 5) is 25.7. The molecule has 0 saturated carbocycles. The molecule has 2 saturated heterocycles. The van der Waals surface area contributed by atoms with Gasteiger partial charge in [-0.3, -0.25) is 9.59 Å². The lowest BCUT2D eigenvalue weighted by atomic mass is 10.1. The van der Waals surface area contributed by atoms with Gasteiger partial charge in [-0.25, -0.2) is 0 Å². The molecule has 0 aliphatic carbocycles. The van der Waals surface area contributed by atoms with Crippen molar-refractivity contribution in [2.45, 2.75) is 44.4 Å². The molecule has 2 fully saturated rings. The Hall–Kier alpha value is -1.92. The highest BCUT2D eigenvalue weighted by Crippen LogP contribution is 2.21. The molecule has 3 N–H and O–H groups in total. The third-order valence-corrected chi connectivity index (χ3v) is 4.43. The van der Waals surface area contributed by atoms with Crippen molar-refractivity contribution in [3.8, 4) is 0 Å². The zero-order valence-corrected chi connectivity index (χ0v) is 13.2. The number of ether oxygens (including phenoxy) is 1. The van der Waals surface area contributed by atoms with E-state index in [0.717, 1.165) is 30.6 Å². The van der Waals surface area contributed by atoms with Gasteiger partial charge < -0.3 is 20.7 Å². The van der Waals surface area contributed by atoms with Gasteiger partial charge in [-0.05, 0) is 37.0 Å². The molecule has 2 amide bonds. The summed E-state index contributed by atoms with van der Waals surface area (Å²) in [5, 5.41) is 2.87. The van der Waals surface area contributed by atoms with Crippen molar-refractivity contribution in [2.75, 3.05) is 18.4 Å². The van der Waals surface area contributed by atoms with Gasteiger partial charge >= 0.3 is 0 Å². The molecule has 0 spiro atoms. The van der Waals surface area contributed by atoms with Gasteiger partial charge in [0.25, 0.3) is 5.91 Å². The van der Waals surface area contributed by atoms with E-state index in [1.807, 2.05) is 29.2 Å². The fraction of sp³-hybridized carbons (Fsp3) is 0.529. The molecule has 2 heterocycles. The van der Waals surface area contributed by atoms with Gasteiger partial charge in [0, 0.05) is 31.7 Å². The van der Waals surface area contributed by atoms with Crippen molar-refractivity contribution < 1.29 is 14.3 Å². The van der Waals surface area contributed by atoms with Crippen molar-refractivity contribution in [3.63, 3.8) is 0 Å². The molecule has 0 radical (unpaired) electrons. The third kappa shape index (κ3) is 3.89. The van der Waals surface area contributed by atoms with E-state index in [-0.39, 0.29) is 17.9 Å². The van der Waals surface area contributed by atoms with Gasteiger partial charge in [0.05, 0.1) is 6.10 Å². The van der Waals surface area contributed by atoms with Crippen molar-refractivity contribution in [3.05, 3.63) is 29.8 Å². The first-order chi connectivity index (χ1) is 11.2. The first kappa shape index (κ1) is 16.0. The molecule has 2 atom stereocenters. The van der Waals surface area contributed by atoms with Gasteiger partial charge in [0.1, 0.15) is 6.10 Å². The lowest BCUT2D eigenvalue weighted by Crippen LogP contribution is -2.29. The number of nitrogens with zero attached hydrogens (tertiary/aromatic N) is 1. The molecule has 0 aromatic heterocycles. The van der Waals surface area contributed by atoms with Gasteiger partial charge in [0.2, 0.25) is 5.91 Å². The second kappa shape index (κ2) is 7.10. The monoisotopic (exact) mass is 317 g/mol. The van der Waals surface area contributed by atoms with Crippen LogP contribution in [0.4, 0.5) is 5.69 Å². The van der Waals surface area contributed by atoms with E-state index in [0.29, 0.717) is 25.9 Å². The third-order valence-electron chi connectivity index (χ3n) is 4.43. The van der Waals surface area contributed by atoms with Crippen molar-refractivity contribution in [1.29, 1.82) is 0 Å². The van der Waals surface area contributed by atoms with E-state index in [1.54, 1.807) is 0 Å². The Bertz CT molecular complexity index is 573. The minimum absolute atomic E-state index is 0.00822. The quantitative estimate of drug-likeness (QED) is 0.856. The maximum Gasteiger partial charge on any atom is 0.253 e. The van der Waals surface area contributed by atoms with E-state index in [1.165, 1.54) is 0 Å². The van der Waals surface area contributed by atoms with Crippen LogP contribution < -0.4 is 11.1 Å². The summed E-state index contributed by atoms with van der Waals surface area (Å²) in [6.07, 6.45) is 2.72. The second-order valence-corrected chi connectivity index (χ2v) is 6.16. The molecule has 2 aliphatic rings. The minimum atomic E-state index is -0.412. The average Bonchev–Trinajstić information content (AvgIpc) is 3.19. The van der Waals surface area contributed by atoms with Crippen LogP contribution in [-0.4, -0.2) is 42.0 Å². The number of nitrogens with one attached hydrogen (secondary N) is 1. The summed E-state index contributed by atoms with van der Waals surface area (Å²) in [6, 6.07) is 7.62. The fourth-order valence-electron chi connectivity index (χ4n) is 3.08. The Morgan fingerprint density at radius 1 is 1.30 bits per heavy atom. The number of hydrogen-bond acceptors (Lipinski definition) is 4. The Balaban J connectivity index is 1.53. The molecule has 0 unspecified atom stereocenters. The van der Waals surface area contributed by atoms with Crippen LogP contribution in [0.2, 0.25) is 0 Å². The van der Waals surface area contributed by atoms with E-state index in [9.17, 15) is 9.59 Å². The zero-order chi connectivity index (χ0) is 16.2. The SMILES string of the molecule is NC[C@H]1CC[C@@H](C(=O)Nc2ccc(CN3CCCC3=O)cc2)O1. The molecule has 6 nitrogen and oxygen atoms in total. The Kier molecular flexibility index (Phi) is 4.93. The molecule has 1 aromatic rings. The number of carbonyl (C=O) groups excluding carboxylic acids is 2. The van der Waals surface area contributed by atoms with Crippen molar-refractivity contribution in [2.24, 2.45) is 5.73 Å². The van der Waals surface area contributed by atoms with E-state index in [4.69, 9.17) is 10.5 Å². The molecular formula is C17H23N3O3. The highest BCUT2D eigenvalue weighted by atomic mass is 16.5. The number of nitrogens with two attached hydrogens (primary N) is 1. The summed E-state index contributed by atoms with van der Waals surface area (Å²) < 4.78 is 5.59. The highest BCUT2D eigenvalue weighted by Gasteiger charge is 2.29. The predicted octanol–water partition coefficient (Wildman–Crippen LogP) is 1.25. The molecular weight excluding hydrogens is 294 g/mol. The highest BCUT2D eigenvalue weighted by molar-refractivity contribution is 5.94. The molecule has 1 aromatic carbocycles. The van der Waals surface area contributed by atoms with Crippen LogP contribution in [0.15, 0.2) is 24.3 Å². The second-order valence-electron chi connectivity index (χ2n) is 6.16. The number of hydrogen-bond donors (Lipinski definition) is 2. The average molecular weight is 317 g/mol. The zero-order valence-electron chi connectivity index (χ0n) is 13.2. The Labute approximate surface area is 136 Å². The van der Waals surface area contributed by atoms with Crippen LogP contribution in [0.1, 0.15) is 31.2 Å². The number of amides is 2. The molecule has 6 heteroatoms. The lowest BCUT2D eigenvalue weighted by Gasteiger charge is -2.16. The van der Waals surface area contributed by atoms with Crippen LogP contribution in [0.5, 0.6) is 0 Å². The summed E-state index contributed by atoms with van der Waals surface area (Å²) in [6.45, 7) is 1.92. The van der Waals surface area contributed by atoms with E-state index >= 15 is 0 Å². The summed E-state index contributed by atoms with van der Waals surface area (Å²) in [5.74, 6) is 0.0960. The summed E-state index contributed by atoms with van der Waals surface area (Å²) >= 11 is 0. The van der Waals surface area contributed by atoms with Gasteiger partial charge in [-0.2, -0.15) is 0 Å². The molecule has 23 heavy (non-hydrogen) atoms. The first-order valence-electron chi connectivity index (χ1n) is 8.19. The maximum absolute atomic E-state index is 12.2. The molecule has 3 rings (SSSR count). The predicted molar refractivity (Wildman–Crippen MR) is 86.7 cm³/mol. The number of benzene rings is 1. The number of rotatable bonds is 5. The minimum Gasteiger partial charge on any atom is -0.364 e. The normalized spacial score (nSPS) is 24.2. The van der Waals surface area contributed by atoms with Crippen LogP contribution in [-0.2, 0) is 20.9 Å².